The Bertz CT molecular complexity index is 657. The molecular formula is C15H13F3N2O. The molecule has 2 aromatic rings. The molecule has 0 saturated carbocycles. The van der Waals surface area contributed by atoms with Gasteiger partial charge in [-0.2, -0.15) is 0 Å². The van der Waals surface area contributed by atoms with Crippen LogP contribution >= 0.6 is 0 Å². The lowest BCUT2D eigenvalue weighted by molar-refractivity contribution is 0.0946. The Morgan fingerprint density at radius 2 is 1.71 bits per heavy atom. The number of anilines is 1. The van der Waals surface area contributed by atoms with Crippen molar-refractivity contribution in [2.24, 2.45) is 0 Å². The van der Waals surface area contributed by atoms with E-state index in [-0.39, 0.29) is 18.0 Å². The average molecular weight is 294 g/mol. The highest BCUT2D eigenvalue weighted by atomic mass is 19.1. The molecule has 0 atom stereocenters. The van der Waals surface area contributed by atoms with E-state index in [1.807, 2.05) is 0 Å². The molecule has 0 saturated heterocycles. The fourth-order valence-electron chi connectivity index (χ4n) is 1.84. The van der Waals surface area contributed by atoms with Crippen LogP contribution in [0.5, 0.6) is 0 Å². The Kier molecular flexibility index (Phi) is 4.47. The Hall–Kier alpha value is -2.50. The molecule has 0 radical (unpaired) electrons. The minimum absolute atomic E-state index is 0.165. The summed E-state index contributed by atoms with van der Waals surface area (Å²) in [6.07, 6.45) is 0.414. The van der Waals surface area contributed by atoms with Crippen LogP contribution in [0, 0.1) is 17.5 Å². The third kappa shape index (κ3) is 3.53. The molecule has 21 heavy (non-hydrogen) atoms. The van der Waals surface area contributed by atoms with Gasteiger partial charge in [-0.3, -0.25) is 4.79 Å². The van der Waals surface area contributed by atoms with E-state index < -0.39 is 23.1 Å². The standard InChI is InChI=1S/C15H13F3N2O/c16-10-3-1-9(2-4-10)7-8-20-15(21)13-11(17)5-6-12(19)14(13)18/h1-6H,7-8,19H2,(H,20,21). The van der Waals surface area contributed by atoms with Crippen LogP contribution in [-0.2, 0) is 6.42 Å². The fourth-order valence-corrected chi connectivity index (χ4v) is 1.84. The molecule has 0 spiro atoms. The van der Waals surface area contributed by atoms with Crippen LogP contribution < -0.4 is 11.1 Å². The second kappa shape index (κ2) is 6.30. The zero-order valence-corrected chi connectivity index (χ0v) is 11.0. The van der Waals surface area contributed by atoms with Gasteiger partial charge in [0.05, 0.1) is 5.69 Å². The van der Waals surface area contributed by atoms with Crippen molar-refractivity contribution < 1.29 is 18.0 Å². The van der Waals surface area contributed by atoms with Gasteiger partial charge in [-0.25, -0.2) is 13.2 Å². The van der Waals surface area contributed by atoms with Gasteiger partial charge in [0, 0.05) is 6.54 Å². The van der Waals surface area contributed by atoms with E-state index in [1.54, 1.807) is 12.1 Å². The van der Waals surface area contributed by atoms with Crippen molar-refractivity contribution in [2.45, 2.75) is 6.42 Å². The quantitative estimate of drug-likeness (QED) is 0.852. The smallest absolute Gasteiger partial charge is 0.257 e. The molecule has 0 aromatic heterocycles. The summed E-state index contributed by atoms with van der Waals surface area (Å²) < 4.78 is 39.8. The molecule has 3 N–H and O–H groups in total. The van der Waals surface area contributed by atoms with Gasteiger partial charge in [-0.1, -0.05) is 12.1 Å². The van der Waals surface area contributed by atoms with Gasteiger partial charge in [0.15, 0.2) is 5.82 Å². The van der Waals surface area contributed by atoms with Crippen LogP contribution in [0.1, 0.15) is 15.9 Å². The first-order valence-electron chi connectivity index (χ1n) is 6.25. The Balaban J connectivity index is 1.99. The van der Waals surface area contributed by atoms with Crippen LogP contribution in [0.25, 0.3) is 0 Å². The summed E-state index contributed by atoms with van der Waals surface area (Å²) in [5.74, 6) is -3.28. The maximum atomic E-state index is 13.6. The number of hydrogen-bond acceptors (Lipinski definition) is 2. The van der Waals surface area contributed by atoms with Gasteiger partial charge in [-0.15, -0.1) is 0 Å². The maximum Gasteiger partial charge on any atom is 0.257 e. The number of nitrogen functional groups attached to an aromatic ring is 1. The molecule has 0 aliphatic carbocycles. The zero-order valence-electron chi connectivity index (χ0n) is 11.0. The minimum atomic E-state index is -1.07. The van der Waals surface area contributed by atoms with Crippen LogP contribution in [0.4, 0.5) is 18.9 Å². The van der Waals surface area contributed by atoms with E-state index in [9.17, 15) is 18.0 Å². The first kappa shape index (κ1) is 14.9. The number of nitrogens with two attached hydrogens (primary N) is 1. The lowest BCUT2D eigenvalue weighted by Gasteiger charge is -2.08. The highest BCUT2D eigenvalue weighted by Crippen LogP contribution is 2.18. The lowest BCUT2D eigenvalue weighted by Crippen LogP contribution is -2.27. The molecule has 0 heterocycles. The van der Waals surface area contributed by atoms with Crippen molar-refractivity contribution in [3.05, 3.63) is 65.0 Å². The van der Waals surface area contributed by atoms with Crippen LogP contribution in [0.15, 0.2) is 36.4 Å². The maximum absolute atomic E-state index is 13.6. The van der Waals surface area contributed by atoms with E-state index in [0.29, 0.717) is 6.42 Å². The Labute approximate surface area is 119 Å². The normalized spacial score (nSPS) is 10.4. The van der Waals surface area contributed by atoms with Crippen LogP contribution in [-0.4, -0.2) is 12.5 Å². The highest BCUT2D eigenvalue weighted by molar-refractivity contribution is 5.95. The van der Waals surface area contributed by atoms with E-state index >= 15 is 0 Å². The second-order valence-electron chi connectivity index (χ2n) is 4.46. The third-order valence-corrected chi connectivity index (χ3v) is 2.96. The first-order chi connectivity index (χ1) is 9.99. The molecule has 0 bridgehead atoms. The van der Waals surface area contributed by atoms with Crippen molar-refractivity contribution in [3.8, 4) is 0 Å². The summed E-state index contributed by atoms with van der Waals surface area (Å²) in [4.78, 5) is 11.8. The molecule has 6 heteroatoms. The van der Waals surface area contributed by atoms with Crippen LogP contribution in [0.3, 0.4) is 0 Å². The molecule has 0 aliphatic heterocycles. The minimum Gasteiger partial charge on any atom is -0.396 e. The van der Waals surface area contributed by atoms with E-state index in [1.165, 1.54) is 12.1 Å². The predicted octanol–water partition coefficient (Wildman–Crippen LogP) is 2.66. The number of amides is 1. The Morgan fingerprint density at radius 3 is 2.38 bits per heavy atom. The number of carbonyl (C=O) groups is 1. The first-order valence-corrected chi connectivity index (χ1v) is 6.25. The van der Waals surface area contributed by atoms with Crippen molar-refractivity contribution in [1.29, 1.82) is 0 Å². The molecular weight excluding hydrogens is 281 g/mol. The topological polar surface area (TPSA) is 55.1 Å². The number of carbonyl (C=O) groups excluding carboxylic acids is 1. The van der Waals surface area contributed by atoms with Gasteiger partial charge in [0.2, 0.25) is 0 Å². The number of benzene rings is 2. The summed E-state index contributed by atoms with van der Waals surface area (Å²) in [7, 11) is 0. The monoisotopic (exact) mass is 294 g/mol. The largest absolute Gasteiger partial charge is 0.396 e. The summed E-state index contributed by atoms with van der Waals surface area (Å²) in [5.41, 5.74) is 5.11. The zero-order chi connectivity index (χ0) is 15.4. The number of rotatable bonds is 4. The molecule has 0 unspecified atom stereocenters. The second-order valence-corrected chi connectivity index (χ2v) is 4.46. The molecule has 2 aromatic carbocycles. The third-order valence-electron chi connectivity index (χ3n) is 2.96. The Morgan fingerprint density at radius 1 is 1.05 bits per heavy atom. The number of nitrogens with one attached hydrogen (secondary N) is 1. The summed E-state index contributed by atoms with van der Waals surface area (Å²) in [6.45, 7) is 0.165. The summed E-state index contributed by atoms with van der Waals surface area (Å²) in [5, 5.41) is 2.40. The van der Waals surface area contributed by atoms with Crippen molar-refractivity contribution >= 4 is 11.6 Å². The molecule has 0 aliphatic rings. The average Bonchev–Trinajstić information content (AvgIpc) is 2.45. The molecule has 3 nitrogen and oxygen atoms in total. The van der Waals surface area contributed by atoms with Crippen LogP contribution in [0.2, 0.25) is 0 Å². The molecule has 0 fully saturated rings. The molecule has 1 amide bonds. The molecule has 110 valence electrons. The molecule has 2 rings (SSSR count). The van der Waals surface area contributed by atoms with Crippen molar-refractivity contribution in [2.75, 3.05) is 12.3 Å². The number of hydrogen-bond donors (Lipinski definition) is 2. The predicted molar refractivity (Wildman–Crippen MR) is 73.2 cm³/mol. The number of halogens is 3. The fraction of sp³-hybridized carbons (Fsp3) is 0.133. The summed E-state index contributed by atoms with van der Waals surface area (Å²) >= 11 is 0. The van der Waals surface area contributed by atoms with E-state index in [0.717, 1.165) is 17.7 Å². The van der Waals surface area contributed by atoms with Gasteiger partial charge < -0.3 is 11.1 Å². The highest BCUT2D eigenvalue weighted by Gasteiger charge is 2.19. The van der Waals surface area contributed by atoms with Gasteiger partial charge >= 0.3 is 0 Å². The summed E-state index contributed by atoms with van der Waals surface area (Å²) in [6, 6.07) is 7.74. The van der Waals surface area contributed by atoms with Crippen molar-refractivity contribution in [1.82, 2.24) is 5.32 Å². The van der Waals surface area contributed by atoms with Crippen molar-refractivity contribution in [3.63, 3.8) is 0 Å². The van der Waals surface area contributed by atoms with Gasteiger partial charge in [-0.05, 0) is 36.2 Å². The van der Waals surface area contributed by atoms with Gasteiger partial charge in [0.1, 0.15) is 17.2 Å². The lowest BCUT2D eigenvalue weighted by atomic mass is 10.1. The SMILES string of the molecule is Nc1ccc(F)c(C(=O)NCCc2ccc(F)cc2)c1F. The van der Waals surface area contributed by atoms with E-state index in [4.69, 9.17) is 5.73 Å². The van der Waals surface area contributed by atoms with E-state index in [2.05, 4.69) is 5.32 Å². The van der Waals surface area contributed by atoms with Gasteiger partial charge in [0.25, 0.3) is 5.91 Å².